The number of amides is 1. The van der Waals surface area contributed by atoms with Gasteiger partial charge in [-0.3, -0.25) is 14.5 Å². The number of aliphatic hydroxyl groups is 1. The molecule has 47 heavy (non-hydrogen) atoms. The number of thioether (sulfide) groups is 1. The van der Waals surface area contributed by atoms with Gasteiger partial charge in [0.05, 0.1) is 18.7 Å². The van der Waals surface area contributed by atoms with E-state index in [1.165, 1.54) is 35.9 Å². The number of carbonyl (C=O) groups is 2. The number of ketones is 1. The molecule has 0 radical (unpaired) electrons. The van der Waals surface area contributed by atoms with Gasteiger partial charge in [0.1, 0.15) is 18.1 Å². The van der Waals surface area contributed by atoms with Crippen molar-refractivity contribution in [1.29, 1.82) is 0 Å². The van der Waals surface area contributed by atoms with Gasteiger partial charge in [-0.15, -0.1) is 10.2 Å². The Bertz CT molecular complexity index is 1980. The van der Waals surface area contributed by atoms with Gasteiger partial charge in [-0.2, -0.15) is 0 Å². The Morgan fingerprint density at radius 1 is 0.979 bits per heavy atom. The molecular formula is C35H28ClN3O6S2. The average Bonchev–Trinajstić information content (AvgIpc) is 3.65. The second-order valence-electron chi connectivity index (χ2n) is 10.7. The minimum Gasteiger partial charge on any atom is -0.507 e. The SMILES string of the molecule is COc1cc(C2C(=C(O)c3ccc(OCc4cccc(C)c4)cc3)C(=O)C(=O)N2c2nnc(SCc3ccc(Cl)cc3)s2)ccc1O. The summed E-state index contributed by atoms with van der Waals surface area (Å²) in [6.45, 7) is 2.38. The van der Waals surface area contributed by atoms with E-state index < -0.39 is 17.7 Å². The van der Waals surface area contributed by atoms with Crippen molar-refractivity contribution in [2.75, 3.05) is 12.0 Å². The van der Waals surface area contributed by atoms with Crippen LogP contribution in [0.15, 0.2) is 101 Å². The first kappa shape index (κ1) is 32.1. The molecule has 2 N–H and O–H groups in total. The molecule has 1 aliphatic rings. The summed E-state index contributed by atoms with van der Waals surface area (Å²) < 4.78 is 11.8. The number of aromatic hydroxyl groups is 1. The number of benzene rings is 4. The fourth-order valence-electron chi connectivity index (χ4n) is 5.13. The molecule has 2 heterocycles. The van der Waals surface area contributed by atoms with Crippen LogP contribution in [0.3, 0.4) is 0 Å². The van der Waals surface area contributed by atoms with Crippen molar-refractivity contribution >= 4 is 57.3 Å². The van der Waals surface area contributed by atoms with Crippen LogP contribution in [-0.2, 0) is 21.9 Å². The van der Waals surface area contributed by atoms with Gasteiger partial charge >= 0.3 is 5.91 Å². The number of aliphatic hydroxyl groups excluding tert-OH is 1. The molecule has 0 bridgehead atoms. The van der Waals surface area contributed by atoms with Crippen LogP contribution in [0.1, 0.15) is 33.9 Å². The summed E-state index contributed by atoms with van der Waals surface area (Å²) in [6.07, 6.45) is 0. The Labute approximate surface area is 284 Å². The van der Waals surface area contributed by atoms with E-state index in [1.54, 1.807) is 42.5 Å². The molecule has 1 amide bonds. The lowest BCUT2D eigenvalue weighted by Gasteiger charge is -2.23. The van der Waals surface area contributed by atoms with E-state index in [0.717, 1.165) is 28.0 Å². The number of nitrogens with zero attached hydrogens (tertiary/aromatic N) is 3. The standard InChI is InChI=1S/C35H28ClN3O6S2/c1-20-4-3-5-22(16-20)18-45-26-13-8-23(9-14-26)31(41)29-30(24-10-15-27(40)28(17-24)44-2)39(33(43)32(29)42)34-37-38-35(47-34)46-19-21-6-11-25(36)12-7-21/h3-17,30,40-41H,18-19H2,1-2H3. The van der Waals surface area contributed by atoms with Crippen LogP contribution in [0, 0.1) is 6.92 Å². The molecule has 0 saturated carbocycles. The van der Waals surface area contributed by atoms with E-state index in [0.29, 0.717) is 38.6 Å². The van der Waals surface area contributed by atoms with E-state index in [1.807, 2.05) is 43.3 Å². The van der Waals surface area contributed by atoms with Crippen LogP contribution in [0.25, 0.3) is 5.76 Å². The summed E-state index contributed by atoms with van der Waals surface area (Å²) in [6, 6.07) is 25.5. The third-order valence-electron chi connectivity index (χ3n) is 7.46. The van der Waals surface area contributed by atoms with Crippen molar-refractivity contribution in [2.45, 2.75) is 29.7 Å². The molecular weight excluding hydrogens is 658 g/mol. The molecule has 0 spiro atoms. The summed E-state index contributed by atoms with van der Waals surface area (Å²) >= 11 is 8.58. The van der Waals surface area contributed by atoms with E-state index in [2.05, 4.69) is 10.2 Å². The molecule has 1 atom stereocenters. The Balaban J connectivity index is 1.32. The summed E-state index contributed by atoms with van der Waals surface area (Å²) in [7, 11) is 1.40. The molecule has 1 aliphatic heterocycles. The maximum Gasteiger partial charge on any atom is 0.301 e. The Kier molecular flexibility index (Phi) is 9.48. The highest BCUT2D eigenvalue weighted by atomic mass is 35.5. The Morgan fingerprint density at radius 2 is 1.74 bits per heavy atom. The van der Waals surface area contributed by atoms with Gasteiger partial charge in [0, 0.05) is 16.3 Å². The second-order valence-corrected chi connectivity index (χ2v) is 13.3. The number of aromatic nitrogens is 2. The smallest absolute Gasteiger partial charge is 0.301 e. The van der Waals surface area contributed by atoms with E-state index in [9.17, 15) is 19.8 Å². The molecule has 1 aromatic heterocycles. The lowest BCUT2D eigenvalue weighted by molar-refractivity contribution is -0.132. The fraction of sp³-hybridized carbons (Fsp3) is 0.143. The van der Waals surface area contributed by atoms with Crippen molar-refractivity contribution in [3.05, 3.63) is 129 Å². The molecule has 12 heteroatoms. The molecule has 5 aromatic rings. The van der Waals surface area contributed by atoms with Crippen LogP contribution in [0.2, 0.25) is 5.02 Å². The fourth-order valence-corrected chi connectivity index (χ4v) is 7.08. The number of phenols is 1. The molecule has 6 rings (SSSR count). The number of hydrogen-bond donors (Lipinski definition) is 2. The highest BCUT2D eigenvalue weighted by molar-refractivity contribution is 8.00. The number of phenolic OH excluding ortho intramolecular Hbond substituents is 1. The number of aryl methyl sites for hydroxylation is 1. The number of Topliss-reactive ketones (excluding diaryl/α,β-unsaturated/α-hetero) is 1. The second kappa shape index (κ2) is 13.9. The summed E-state index contributed by atoms with van der Waals surface area (Å²) in [5, 5.41) is 31.2. The lowest BCUT2D eigenvalue weighted by atomic mass is 9.95. The third-order valence-corrected chi connectivity index (χ3v) is 9.84. The zero-order chi connectivity index (χ0) is 33.1. The molecule has 9 nitrogen and oxygen atoms in total. The highest BCUT2D eigenvalue weighted by Gasteiger charge is 2.48. The number of halogens is 1. The van der Waals surface area contributed by atoms with Gasteiger partial charge in [0.15, 0.2) is 15.8 Å². The Morgan fingerprint density at radius 3 is 2.47 bits per heavy atom. The Hall–Kier alpha value is -4.84. The zero-order valence-electron chi connectivity index (χ0n) is 25.2. The first-order chi connectivity index (χ1) is 22.7. The predicted molar refractivity (Wildman–Crippen MR) is 182 cm³/mol. The van der Waals surface area contributed by atoms with Gasteiger partial charge < -0.3 is 19.7 Å². The van der Waals surface area contributed by atoms with Crippen LogP contribution in [-0.4, -0.2) is 39.2 Å². The normalized spacial score (nSPS) is 15.6. The average molecular weight is 686 g/mol. The van der Waals surface area contributed by atoms with Gasteiger partial charge in [-0.1, -0.05) is 82.7 Å². The monoisotopic (exact) mass is 685 g/mol. The minimum atomic E-state index is -1.08. The molecule has 1 fully saturated rings. The summed E-state index contributed by atoms with van der Waals surface area (Å²) in [4.78, 5) is 28.5. The van der Waals surface area contributed by atoms with Crippen molar-refractivity contribution in [2.24, 2.45) is 0 Å². The van der Waals surface area contributed by atoms with Crippen LogP contribution in [0.5, 0.6) is 17.2 Å². The minimum absolute atomic E-state index is 0.119. The number of rotatable bonds is 10. The van der Waals surface area contributed by atoms with E-state index in [4.69, 9.17) is 21.1 Å². The number of anilines is 1. The van der Waals surface area contributed by atoms with Crippen molar-refractivity contribution < 1.29 is 29.3 Å². The highest BCUT2D eigenvalue weighted by Crippen LogP contribution is 2.45. The molecule has 238 valence electrons. The van der Waals surface area contributed by atoms with Gasteiger partial charge in [-0.05, 0) is 72.1 Å². The molecule has 4 aromatic carbocycles. The van der Waals surface area contributed by atoms with Crippen molar-refractivity contribution in [3.63, 3.8) is 0 Å². The maximum absolute atomic E-state index is 13.6. The largest absolute Gasteiger partial charge is 0.507 e. The van der Waals surface area contributed by atoms with Gasteiger partial charge in [0.2, 0.25) is 5.13 Å². The number of methoxy groups -OCH3 is 1. The third kappa shape index (κ3) is 6.97. The van der Waals surface area contributed by atoms with Crippen LogP contribution >= 0.6 is 34.7 Å². The topological polar surface area (TPSA) is 122 Å². The van der Waals surface area contributed by atoms with E-state index in [-0.39, 0.29) is 28.0 Å². The first-order valence-electron chi connectivity index (χ1n) is 14.4. The maximum atomic E-state index is 13.6. The van der Waals surface area contributed by atoms with E-state index >= 15 is 0 Å². The first-order valence-corrected chi connectivity index (χ1v) is 16.6. The van der Waals surface area contributed by atoms with Gasteiger partial charge in [-0.25, -0.2) is 0 Å². The number of hydrogen-bond acceptors (Lipinski definition) is 10. The summed E-state index contributed by atoms with van der Waals surface area (Å²) in [5.41, 5.74) is 3.78. The van der Waals surface area contributed by atoms with Crippen molar-refractivity contribution in [3.8, 4) is 17.2 Å². The number of carbonyl (C=O) groups excluding carboxylic acids is 2. The quantitative estimate of drug-likeness (QED) is 0.0500. The van der Waals surface area contributed by atoms with Crippen LogP contribution in [0.4, 0.5) is 5.13 Å². The zero-order valence-corrected chi connectivity index (χ0v) is 27.6. The van der Waals surface area contributed by atoms with Crippen molar-refractivity contribution in [1.82, 2.24) is 10.2 Å². The molecule has 1 unspecified atom stereocenters. The summed E-state index contributed by atoms with van der Waals surface area (Å²) in [5.74, 6) is -0.938. The van der Waals surface area contributed by atoms with Crippen LogP contribution < -0.4 is 14.4 Å². The number of ether oxygens (including phenoxy) is 2. The lowest BCUT2D eigenvalue weighted by Crippen LogP contribution is -2.29. The predicted octanol–water partition coefficient (Wildman–Crippen LogP) is 7.71. The van der Waals surface area contributed by atoms with Gasteiger partial charge in [0.25, 0.3) is 5.78 Å². The molecule has 1 saturated heterocycles. The molecule has 0 aliphatic carbocycles.